The van der Waals surface area contributed by atoms with Crippen LogP contribution < -0.4 is 4.74 Å². The van der Waals surface area contributed by atoms with Crippen LogP contribution in [0.5, 0.6) is 5.75 Å². The molecule has 0 unspecified atom stereocenters. The number of azo groups is 1. The van der Waals surface area contributed by atoms with Crippen LogP contribution in [0.4, 0.5) is 22.7 Å². The maximum Gasteiger partial charge on any atom is 0.240 e. The van der Waals surface area contributed by atoms with E-state index < -0.39 is 0 Å². The van der Waals surface area contributed by atoms with Crippen LogP contribution in [-0.4, -0.2) is 19.3 Å². The molecular formula is C15H10N4O3. The van der Waals surface area contributed by atoms with Gasteiger partial charge in [-0.2, -0.15) is 15.1 Å². The van der Waals surface area contributed by atoms with Crippen LogP contribution in [-0.2, 0) is 9.59 Å². The maximum atomic E-state index is 10.2. The summed E-state index contributed by atoms with van der Waals surface area (Å²) in [5.41, 5.74) is 1.84. The second-order valence-electron chi connectivity index (χ2n) is 3.98. The van der Waals surface area contributed by atoms with Crippen molar-refractivity contribution in [2.75, 3.05) is 7.11 Å². The summed E-state index contributed by atoms with van der Waals surface area (Å²) in [7, 11) is 1.47. The first-order valence-corrected chi connectivity index (χ1v) is 6.12. The minimum atomic E-state index is 0.410. The normalized spacial score (nSPS) is 9.86. The molecule has 2 aromatic carbocycles. The minimum Gasteiger partial charge on any atom is -0.494 e. The highest BCUT2D eigenvalue weighted by Gasteiger charge is 2.03. The number of ether oxygens (including phenoxy) is 1. The highest BCUT2D eigenvalue weighted by molar-refractivity contribution is 5.61. The lowest BCUT2D eigenvalue weighted by atomic mass is 10.2. The molecule has 0 radical (unpaired) electrons. The van der Waals surface area contributed by atoms with Crippen molar-refractivity contribution in [2.45, 2.75) is 0 Å². The van der Waals surface area contributed by atoms with Gasteiger partial charge in [0.25, 0.3) is 0 Å². The van der Waals surface area contributed by atoms with E-state index in [1.54, 1.807) is 42.5 Å². The summed E-state index contributed by atoms with van der Waals surface area (Å²) >= 11 is 0. The van der Waals surface area contributed by atoms with Crippen LogP contribution in [0.1, 0.15) is 0 Å². The minimum absolute atomic E-state index is 0.410. The van der Waals surface area contributed by atoms with Crippen LogP contribution in [0.2, 0.25) is 0 Å². The first-order chi connectivity index (χ1) is 10.8. The van der Waals surface area contributed by atoms with Gasteiger partial charge >= 0.3 is 0 Å². The van der Waals surface area contributed by atoms with Crippen molar-refractivity contribution in [3.8, 4) is 5.75 Å². The third-order valence-electron chi connectivity index (χ3n) is 2.62. The zero-order valence-electron chi connectivity index (χ0n) is 11.6. The Hall–Kier alpha value is -3.40. The monoisotopic (exact) mass is 294 g/mol. The van der Waals surface area contributed by atoms with Crippen molar-refractivity contribution in [3.63, 3.8) is 0 Å². The fourth-order valence-corrected chi connectivity index (χ4v) is 1.66. The van der Waals surface area contributed by atoms with E-state index in [9.17, 15) is 9.59 Å². The average Bonchev–Trinajstić information content (AvgIpc) is 2.54. The van der Waals surface area contributed by atoms with Gasteiger partial charge in [0.15, 0.2) is 0 Å². The topological polar surface area (TPSA) is 92.8 Å². The molecule has 7 nitrogen and oxygen atoms in total. The molecule has 0 atom stereocenters. The zero-order chi connectivity index (χ0) is 15.8. The van der Waals surface area contributed by atoms with E-state index in [0.717, 1.165) is 0 Å². The van der Waals surface area contributed by atoms with Gasteiger partial charge in [-0.1, -0.05) is 6.07 Å². The van der Waals surface area contributed by atoms with Gasteiger partial charge < -0.3 is 4.74 Å². The molecule has 0 aliphatic heterocycles. The number of methoxy groups -OCH3 is 1. The van der Waals surface area contributed by atoms with E-state index in [1.807, 2.05) is 0 Å². The van der Waals surface area contributed by atoms with Gasteiger partial charge in [0, 0.05) is 6.07 Å². The SMILES string of the molecule is COc1cc(N=C=O)ccc1/N=N/c1cccc(N=C=O)c1. The Morgan fingerprint density at radius 1 is 0.864 bits per heavy atom. The van der Waals surface area contributed by atoms with Crippen molar-refractivity contribution in [1.82, 2.24) is 0 Å². The number of rotatable bonds is 5. The lowest BCUT2D eigenvalue weighted by molar-refractivity contribution is 0.416. The second kappa shape index (κ2) is 7.40. The summed E-state index contributed by atoms with van der Waals surface area (Å²) in [5.74, 6) is 0.419. The fourth-order valence-electron chi connectivity index (χ4n) is 1.66. The Balaban J connectivity index is 2.31. The lowest BCUT2D eigenvalue weighted by Crippen LogP contribution is -1.82. The molecule has 108 valence electrons. The van der Waals surface area contributed by atoms with Crippen molar-refractivity contribution in [3.05, 3.63) is 42.5 Å². The van der Waals surface area contributed by atoms with E-state index >= 15 is 0 Å². The van der Waals surface area contributed by atoms with Gasteiger partial charge in [-0.3, -0.25) is 0 Å². The number of benzene rings is 2. The predicted molar refractivity (Wildman–Crippen MR) is 79.2 cm³/mol. The van der Waals surface area contributed by atoms with Gasteiger partial charge in [0.2, 0.25) is 12.2 Å². The molecule has 0 aliphatic carbocycles. The molecule has 7 heteroatoms. The largest absolute Gasteiger partial charge is 0.494 e. The quantitative estimate of drug-likeness (QED) is 0.473. The van der Waals surface area contributed by atoms with Gasteiger partial charge in [-0.05, 0) is 30.3 Å². The highest BCUT2D eigenvalue weighted by Crippen LogP contribution is 2.33. The van der Waals surface area contributed by atoms with E-state index in [0.29, 0.717) is 28.5 Å². The molecule has 0 N–H and O–H groups in total. The van der Waals surface area contributed by atoms with E-state index in [1.165, 1.54) is 19.3 Å². The maximum absolute atomic E-state index is 10.2. The van der Waals surface area contributed by atoms with E-state index in [2.05, 4.69) is 20.2 Å². The summed E-state index contributed by atoms with van der Waals surface area (Å²) in [6.07, 6.45) is 2.92. The van der Waals surface area contributed by atoms with Crippen LogP contribution in [0.25, 0.3) is 0 Å². The molecule has 0 bridgehead atoms. The summed E-state index contributed by atoms with van der Waals surface area (Å²) in [4.78, 5) is 27.5. The standard InChI is InChI=1S/C15H10N4O3/c1-22-15-8-12(17-10-21)5-6-14(15)19-18-13-4-2-3-11(7-13)16-9-20/h2-8H,1H3/b19-18+. The third-order valence-corrected chi connectivity index (χ3v) is 2.62. The third kappa shape index (κ3) is 3.80. The van der Waals surface area contributed by atoms with Gasteiger partial charge in [-0.15, -0.1) is 5.11 Å². The Morgan fingerprint density at radius 3 is 2.23 bits per heavy atom. The van der Waals surface area contributed by atoms with Gasteiger partial charge in [-0.25, -0.2) is 9.59 Å². The smallest absolute Gasteiger partial charge is 0.240 e. The van der Waals surface area contributed by atoms with Crippen molar-refractivity contribution >= 4 is 34.9 Å². The molecule has 0 fully saturated rings. The number of nitrogens with zero attached hydrogens (tertiary/aromatic N) is 4. The Morgan fingerprint density at radius 2 is 1.55 bits per heavy atom. The molecule has 2 rings (SSSR count). The Kier molecular flexibility index (Phi) is 5.04. The molecule has 0 aliphatic rings. The summed E-state index contributed by atoms with van der Waals surface area (Å²) in [6.45, 7) is 0. The predicted octanol–water partition coefficient (Wildman–Crippen LogP) is 4.05. The average molecular weight is 294 g/mol. The van der Waals surface area contributed by atoms with Crippen LogP contribution >= 0.6 is 0 Å². The van der Waals surface area contributed by atoms with Crippen molar-refractivity contribution in [1.29, 1.82) is 0 Å². The molecule has 0 amide bonds. The first kappa shape index (κ1) is 15.0. The second-order valence-corrected chi connectivity index (χ2v) is 3.98. The lowest BCUT2D eigenvalue weighted by Gasteiger charge is -2.03. The van der Waals surface area contributed by atoms with Crippen LogP contribution in [0, 0.1) is 0 Å². The molecule has 0 saturated carbocycles. The molecule has 0 saturated heterocycles. The molecule has 0 spiro atoms. The number of carbonyl (C=O) groups excluding carboxylic acids is 2. The van der Waals surface area contributed by atoms with E-state index in [4.69, 9.17) is 4.74 Å². The van der Waals surface area contributed by atoms with Crippen LogP contribution in [0.15, 0.2) is 62.7 Å². The van der Waals surface area contributed by atoms with E-state index in [-0.39, 0.29) is 0 Å². The zero-order valence-corrected chi connectivity index (χ0v) is 11.6. The Labute approximate surface area is 125 Å². The van der Waals surface area contributed by atoms with Gasteiger partial charge in [0.05, 0.1) is 24.2 Å². The number of hydrogen-bond donors (Lipinski definition) is 0. The Bertz CT molecular complexity index is 804. The molecular weight excluding hydrogens is 284 g/mol. The van der Waals surface area contributed by atoms with Crippen molar-refractivity contribution < 1.29 is 14.3 Å². The van der Waals surface area contributed by atoms with Crippen molar-refractivity contribution in [2.24, 2.45) is 20.2 Å². The molecule has 0 heterocycles. The summed E-state index contributed by atoms with van der Waals surface area (Å²) < 4.78 is 5.17. The van der Waals surface area contributed by atoms with Crippen LogP contribution in [0.3, 0.4) is 0 Å². The number of hydrogen-bond acceptors (Lipinski definition) is 7. The van der Waals surface area contributed by atoms with Gasteiger partial charge in [0.1, 0.15) is 11.4 Å². The fraction of sp³-hybridized carbons (Fsp3) is 0.0667. The first-order valence-electron chi connectivity index (χ1n) is 6.12. The molecule has 2 aromatic rings. The summed E-state index contributed by atoms with van der Waals surface area (Å²) in [6, 6.07) is 11.4. The molecule has 0 aromatic heterocycles. The molecule has 22 heavy (non-hydrogen) atoms. The summed E-state index contributed by atoms with van der Waals surface area (Å²) in [5, 5.41) is 8.12. The number of aliphatic imine (C=N–C) groups is 2. The highest BCUT2D eigenvalue weighted by atomic mass is 16.5. The number of isocyanates is 2.